The first-order chi connectivity index (χ1) is 11.3. The van der Waals surface area contributed by atoms with Crippen LogP contribution in [0.5, 0.6) is 5.75 Å². The lowest BCUT2D eigenvalue weighted by Gasteiger charge is -2.20. The van der Waals surface area contributed by atoms with E-state index in [4.69, 9.17) is 4.74 Å². The quantitative estimate of drug-likeness (QED) is 0.865. The minimum atomic E-state index is -0.202. The number of methoxy groups -OCH3 is 1. The summed E-state index contributed by atoms with van der Waals surface area (Å²) in [6.07, 6.45) is 0. The Morgan fingerprint density at radius 1 is 1.00 bits per heavy atom. The molecule has 6 nitrogen and oxygen atoms in total. The Morgan fingerprint density at radius 3 is 2.12 bits per heavy atom. The molecule has 1 heterocycles. The van der Waals surface area contributed by atoms with Crippen molar-refractivity contribution < 1.29 is 14.3 Å². The first-order valence-electron chi connectivity index (χ1n) is 7.46. The van der Waals surface area contributed by atoms with E-state index in [9.17, 15) is 9.59 Å². The first-order valence-corrected chi connectivity index (χ1v) is 7.46. The van der Waals surface area contributed by atoms with Gasteiger partial charge in [-0.3, -0.25) is 14.5 Å². The summed E-state index contributed by atoms with van der Waals surface area (Å²) in [7, 11) is 6.54. The van der Waals surface area contributed by atoms with Crippen LogP contribution in [0.1, 0.15) is 17.3 Å². The molecule has 0 spiro atoms. The maximum atomic E-state index is 12.4. The molecule has 24 heavy (non-hydrogen) atoms. The molecule has 0 saturated carbocycles. The van der Waals surface area contributed by atoms with Crippen LogP contribution >= 0.6 is 0 Å². The molecule has 1 aromatic heterocycles. The summed E-state index contributed by atoms with van der Waals surface area (Å²) >= 11 is 0. The van der Waals surface area contributed by atoms with Gasteiger partial charge in [0.1, 0.15) is 11.6 Å². The van der Waals surface area contributed by atoms with Crippen molar-refractivity contribution in [1.82, 2.24) is 9.88 Å². The minimum Gasteiger partial charge on any atom is -0.497 e. The van der Waals surface area contributed by atoms with Crippen molar-refractivity contribution in [1.29, 1.82) is 0 Å². The monoisotopic (exact) mass is 327 g/mol. The Balaban J connectivity index is 2.54. The van der Waals surface area contributed by atoms with Gasteiger partial charge in [-0.15, -0.1) is 0 Å². The van der Waals surface area contributed by atoms with E-state index in [1.54, 1.807) is 40.4 Å². The zero-order valence-corrected chi connectivity index (χ0v) is 14.5. The van der Waals surface area contributed by atoms with Crippen LogP contribution < -0.4 is 9.64 Å². The molecule has 126 valence electrons. The summed E-state index contributed by atoms with van der Waals surface area (Å²) in [5.74, 6) is 0.697. The number of carbonyl (C=O) groups excluding carboxylic acids is 2. The van der Waals surface area contributed by atoms with Crippen LogP contribution in [0.4, 0.5) is 5.82 Å². The van der Waals surface area contributed by atoms with Crippen molar-refractivity contribution in [2.75, 3.05) is 33.2 Å². The van der Waals surface area contributed by atoms with E-state index in [1.807, 2.05) is 24.3 Å². The SMILES string of the molecule is COc1ccc(-c2ccc(C(=O)N(C)C)c(N(C)C(C)=O)n2)cc1. The zero-order valence-electron chi connectivity index (χ0n) is 14.5. The third-order valence-electron chi connectivity index (χ3n) is 3.69. The standard InChI is InChI=1S/C18H21N3O3/c1-12(22)21(4)17-15(18(23)20(2)3)10-11-16(19-17)13-6-8-14(24-5)9-7-13/h6-11H,1-5H3. The third kappa shape index (κ3) is 3.53. The summed E-state index contributed by atoms with van der Waals surface area (Å²) in [6, 6.07) is 10.9. The molecule has 0 radical (unpaired) electrons. The molecule has 0 N–H and O–H groups in total. The fourth-order valence-corrected chi connectivity index (χ4v) is 2.18. The van der Waals surface area contributed by atoms with Crippen LogP contribution in [-0.4, -0.2) is 50.0 Å². The number of anilines is 1. The lowest BCUT2D eigenvalue weighted by Crippen LogP contribution is -2.29. The third-order valence-corrected chi connectivity index (χ3v) is 3.69. The Kier molecular flexibility index (Phi) is 5.18. The van der Waals surface area contributed by atoms with Crippen molar-refractivity contribution in [3.8, 4) is 17.0 Å². The van der Waals surface area contributed by atoms with Gasteiger partial charge in [-0.25, -0.2) is 4.98 Å². The molecule has 0 bridgehead atoms. The molecular formula is C18H21N3O3. The van der Waals surface area contributed by atoms with Gasteiger partial charge in [-0.1, -0.05) is 0 Å². The summed E-state index contributed by atoms with van der Waals surface area (Å²) < 4.78 is 5.15. The number of amides is 2. The average molecular weight is 327 g/mol. The van der Waals surface area contributed by atoms with Crippen molar-refractivity contribution in [2.45, 2.75) is 6.92 Å². The highest BCUT2D eigenvalue weighted by Crippen LogP contribution is 2.26. The van der Waals surface area contributed by atoms with Gasteiger partial charge >= 0.3 is 0 Å². The Morgan fingerprint density at radius 2 is 1.62 bits per heavy atom. The van der Waals surface area contributed by atoms with Crippen LogP contribution in [0.15, 0.2) is 36.4 Å². The predicted octanol–water partition coefficient (Wildman–Crippen LogP) is 2.44. The molecule has 2 rings (SSSR count). The molecule has 0 atom stereocenters. The number of benzene rings is 1. The number of carbonyl (C=O) groups is 2. The molecular weight excluding hydrogens is 306 g/mol. The first kappa shape index (κ1) is 17.5. The second-order valence-electron chi connectivity index (χ2n) is 5.57. The Hall–Kier alpha value is -2.89. The van der Waals surface area contributed by atoms with Crippen molar-refractivity contribution in [2.24, 2.45) is 0 Å². The summed E-state index contributed by atoms with van der Waals surface area (Å²) in [5.41, 5.74) is 1.93. The number of ether oxygens (including phenoxy) is 1. The molecule has 0 fully saturated rings. The highest BCUT2D eigenvalue weighted by atomic mass is 16.5. The number of rotatable bonds is 4. The zero-order chi connectivity index (χ0) is 17.9. The highest BCUT2D eigenvalue weighted by Gasteiger charge is 2.20. The topological polar surface area (TPSA) is 62.7 Å². The number of aromatic nitrogens is 1. The van der Waals surface area contributed by atoms with Gasteiger partial charge in [0.15, 0.2) is 0 Å². The van der Waals surface area contributed by atoms with E-state index in [0.717, 1.165) is 11.3 Å². The summed E-state index contributed by atoms with van der Waals surface area (Å²) in [6.45, 7) is 1.44. The molecule has 0 aliphatic heterocycles. The van der Waals surface area contributed by atoms with E-state index in [1.165, 1.54) is 16.7 Å². The maximum absolute atomic E-state index is 12.4. The van der Waals surface area contributed by atoms with E-state index in [-0.39, 0.29) is 11.8 Å². The fourth-order valence-electron chi connectivity index (χ4n) is 2.18. The van der Waals surface area contributed by atoms with Gasteiger partial charge in [0.2, 0.25) is 5.91 Å². The van der Waals surface area contributed by atoms with Gasteiger partial charge < -0.3 is 9.64 Å². The number of hydrogen-bond acceptors (Lipinski definition) is 4. The van der Waals surface area contributed by atoms with Crippen molar-refractivity contribution in [3.63, 3.8) is 0 Å². The van der Waals surface area contributed by atoms with Crippen LogP contribution in [0.2, 0.25) is 0 Å². The average Bonchev–Trinajstić information content (AvgIpc) is 2.59. The van der Waals surface area contributed by atoms with E-state index in [2.05, 4.69) is 4.98 Å². The smallest absolute Gasteiger partial charge is 0.257 e. The highest BCUT2D eigenvalue weighted by molar-refractivity contribution is 6.03. The van der Waals surface area contributed by atoms with Gasteiger partial charge in [0, 0.05) is 33.6 Å². The van der Waals surface area contributed by atoms with Gasteiger partial charge in [-0.05, 0) is 36.4 Å². The molecule has 0 aliphatic rings. The summed E-state index contributed by atoms with van der Waals surface area (Å²) in [4.78, 5) is 31.5. The maximum Gasteiger partial charge on any atom is 0.257 e. The van der Waals surface area contributed by atoms with Gasteiger partial charge in [0.05, 0.1) is 18.4 Å². The Labute approximate surface area is 141 Å². The van der Waals surface area contributed by atoms with E-state index < -0.39 is 0 Å². The minimum absolute atomic E-state index is 0.192. The lowest BCUT2D eigenvalue weighted by atomic mass is 10.1. The predicted molar refractivity (Wildman–Crippen MR) is 93.3 cm³/mol. The van der Waals surface area contributed by atoms with Crippen LogP contribution in [0.25, 0.3) is 11.3 Å². The second kappa shape index (κ2) is 7.12. The van der Waals surface area contributed by atoms with Crippen molar-refractivity contribution in [3.05, 3.63) is 42.0 Å². The molecule has 6 heteroatoms. The second-order valence-corrected chi connectivity index (χ2v) is 5.57. The van der Waals surface area contributed by atoms with Crippen LogP contribution in [-0.2, 0) is 4.79 Å². The molecule has 0 aliphatic carbocycles. The normalized spacial score (nSPS) is 10.2. The fraction of sp³-hybridized carbons (Fsp3) is 0.278. The molecule has 2 aromatic rings. The number of nitrogens with zero attached hydrogens (tertiary/aromatic N) is 3. The van der Waals surface area contributed by atoms with Crippen LogP contribution in [0, 0.1) is 0 Å². The molecule has 0 saturated heterocycles. The number of pyridine rings is 1. The molecule has 1 aromatic carbocycles. The number of hydrogen-bond donors (Lipinski definition) is 0. The van der Waals surface area contributed by atoms with Gasteiger partial charge in [0.25, 0.3) is 5.91 Å². The van der Waals surface area contributed by atoms with E-state index in [0.29, 0.717) is 17.1 Å². The molecule has 2 amide bonds. The van der Waals surface area contributed by atoms with E-state index >= 15 is 0 Å². The molecule has 0 unspecified atom stereocenters. The Bertz CT molecular complexity index is 755. The van der Waals surface area contributed by atoms with Crippen LogP contribution in [0.3, 0.4) is 0 Å². The summed E-state index contributed by atoms with van der Waals surface area (Å²) in [5, 5.41) is 0. The van der Waals surface area contributed by atoms with Gasteiger partial charge in [-0.2, -0.15) is 0 Å². The lowest BCUT2D eigenvalue weighted by molar-refractivity contribution is -0.116. The van der Waals surface area contributed by atoms with Crippen molar-refractivity contribution >= 4 is 17.6 Å². The largest absolute Gasteiger partial charge is 0.497 e.